The van der Waals surface area contributed by atoms with Gasteiger partial charge in [-0.1, -0.05) is 18.2 Å². The Hall–Kier alpha value is -3.32. The number of nitrogens with zero attached hydrogens (tertiary/aromatic N) is 1. The van der Waals surface area contributed by atoms with E-state index in [4.69, 9.17) is 9.94 Å². The second kappa shape index (κ2) is 7.71. The number of para-hydroxylation sites is 1. The van der Waals surface area contributed by atoms with Crippen molar-refractivity contribution in [2.45, 2.75) is 0 Å². The number of hydrogen-bond acceptors (Lipinski definition) is 4. The van der Waals surface area contributed by atoms with Gasteiger partial charge < -0.3 is 14.6 Å². The molecule has 3 aromatic rings. The molecule has 0 aliphatic rings. The van der Waals surface area contributed by atoms with Crippen LogP contribution in [0.3, 0.4) is 0 Å². The highest BCUT2D eigenvalue weighted by atomic mass is 16.5. The molecule has 0 radical (unpaired) electrons. The van der Waals surface area contributed by atoms with Crippen molar-refractivity contribution in [3.8, 4) is 5.75 Å². The number of nitrogens with one attached hydrogen (secondary N) is 2. The first kappa shape index (κ1) is 17.5. The molecule has 7 nitrogen and oxygen atoms in total. The van der Waals surface area contributed by atoms with Crippen LogP contribution in [0.2, 0.25) is 0 Å². The molecule has 1 heterocycles. The third kappa shape index (κ3) is 3.84. The maximum atomic E-state index is 12.5. The number of rotatable bonds is 6. The third-order valence-electron chi connectivity index (χ3n) is 4.02. The minimum atomic E-state index is -0.583. The number of aromatic amines is 1. The van der Waals surface area contributed by atoms with E-state index in [0.29, 0.717) is 30.2 Å². The van der Waals surface area contributed by atoms with E-state index < -0.39 is 5.91 Å². The predicted molar refractivity (Wildman–Crippen MR) is 96.4 cm³/mol. The van der Waals surface area contributed by atoms with E-state index in [1.165, 1.54) is 0 Å². The molecule has 7 heteroatoms. The molecule has 0 aliphatic carbocycles. The number of hydroxylamine groups is 1. The molecule has 26 heavy (non-hydrogen) atoms. The van der Waals surface area contributed by atoms with Gasteiger partial charge in [-0.2, -0.15) is 0 Å². The Labute approximate surface area is 150 Å². The quantitative estimate of drug-likeness (QED) is 0.469. The van der Waals surface area contributed by atoms with Crippen LogP contribution >= 0.6 is 0 Å². The fourth-order valence-electron chi connectivity index (χ4n) is 2.56. The molecular weight excluding hydrogens is 334 g/mol. The number of carbonyl (C=O) groups excluding carboxylic acids is 2. The zero-order valence-corrected chi connectivity index (χ0v) is 14.2. The van der Waals surface area contributed by atoms with Crippen LogP contribution in [0.15, 0.2) is 54.6 Å². The number of benzene rings is 2. The standard InChI is InChI=1S/C19H19N3O4/c1-22(19(24)17-12-14-4-2-3-5-16(14)20-17)10-11-26-15-8-6-13(7-9-15)18(23)21-25/h2-9,12,20,25H,10-11H2,1H3,(H,21,23). The monoisotopic (exact) mass is 353 g/mol. The van der Waals surface area contributed by atoms with Gasteiger partial charge in [-0.3, -0.25) is 14.8 Å². The highest BCUT2D eigenvalue weighted by Crippen LogP contribution is 2.16. The molecule has 2 amide bonds. The average molecular weight is 353 g/mol. The Morgan fingerprint density at radius 1 is 1.15 bits per heavy atom. The zero-order chi connectivity index (χ0) is 18.5. The first-order valence-corrected chi connectivity index (χ1v) is 8.09. The Morgan fingerprint density at radius 3 is 2.58 bits per heavy atom. The second-order valence-electron chi connectivity index (χ2n) is 5.81. The summed E-state index contributed by atoms with van der Waals surface area (Å²) in [6, 6.07) is 15.9. The van der Waals surface area contributed by atoms with Crippen molar-refractivity contribution in [1.29, 1.82) is 0 Å². The molecule has 0 unspecified atom stereocenters. The molecule has 0 aliphatic heterocycles. The molecule has 1 aromatic heterocycles. The van der Waals surface area contributed by atoms with Gasteiger partial charge in [0.05, 0.1) is 6.54 Å². The van der Waals surface area contributed by atoms with Crippen LogP contribution in [-0.4, -0.2) is 47.1 Å². The normalized spacial score (nSPS) is 10.5. The fourth-order valence-corrected chi connectivity index (χ4v) is 2.56. The maximum Gasteiger partial charge on any atom is 0.274 e. The molecule has 0 saturated carbocycles. The summed E-state index contributed by atoms with van der Waals surface area (Å²) in [4.78, 5) is 28.4. The van der Waals surface area contributed by atoms with Crippen LogP contribution in [0, 0.1) is 0 Å². The van der Waals surface area contributed by atoms with E-state index in [0.717, 1.165) is 10.9 Å². The highest BCUT2D eigenvalue weighted by molar-refractivity contribution is 5.97. The molecule has 0 fully saturated rings. The second-order valence-corrected chi connectivity index (χ2v) is 5.81. The number of carbonyl (C=O) groups is 2. The summed E-state index contributed by atoms with van der Waals surface area (Å²) in [5.41, 5.74) is 3.35. The van der Waals surface area contributed by atoms with Crippen molar-refractivity contribution in [1.82, 2.24) is 15.4 Å². The first-order chi connectivity index (χ1) is 12.6. The van der Waals surface area contributed by atoms with Crippen LogP contribution in [0.4, 0.5) is 0 Å². The Kier molecular flexibility index (Phi) is 5.19. The molecule has 3 rings (SSSR count). The lowest BCUT2D eigenvalue weighted by Crippen LogP contribution is -2.31. The summed E-state index contributed by atoms with van der Waals surface area (Å²) in [6.07, 6.45) is 0. The van der Waals surface area contributed by atoms with Gasteiger partial charge in [0.1, 0.15) is 18.1 Å². The van der Waals surface area contributed by atoms with E-state index >= 15 is 0 Å². The number of ether oxygens (including phenoxy) is 1. The predicted octanol–water partition coefficient (Wildman–Crippen LogP) is 2.44. The Morgan fingerprint density at radius 2 is 1.88 bits per heavy atom. The number of likely N-dealkylation sites (N-methyl/N-ethyl adjacent to an activating group) is 1. The van der Waals surface area contributed by atoms with Crippen molar-refractivity contribution in [2.75, 3.05) is 20.2 Å². The van der Waals surface area contributed by atoms with E-state index in [1.807, 2.05) is 30.3 Å². The SMILES string of the molecule is CN(CCOc1ccc(C(=O)NO)cc1)C(=O)c1cc2ccccc2[nH]1. The van der Waals surface area contributed by atoms with Crippen molar-refractivity contribution in [3.63, 3.8) is 0 Å². The van der Waals surface area contributed by atoms with Crippen LogP contribution in [0.5, 0.6) is 5.75 Å². The van der Waals surface area contributed by atoms with Crippen molar-refractivity contribution in [2.24, 2.45) is 0 Å². The highest BCUT2D eigenvalue weighted by Gasteiger charge is 2.14. The number of H-pyrrole nitrogens is 1. The van der Waals surface area contributed by atoms with Crippen molar-refractivity contribution >= 4 is 22.7 Å². The minimum absolute atomic E-state index is 0.111. The van der Waals surface area contributed by atoms with Gasteiger partial charge >= 0.3 is 0 Å². The van der Waals surface area contributed by atoms with Gasteiger partial charge in [0.15, 0.2) is 0 Å². The van der Waals surface area contributed by atoms with E-state index in [2.05, 4.69) is 4.98 Å². The van der Waals surface area contributed by atoms with Crippen LogP contribution in [-0.2, 0) is 0 Å². The molecule has 2 aromatic carbocycles. The van der Waals surface area contributed by atoms with Crippen LogP contribution in [0.25, 0.3) is 10.9 Å². The first-order valence-electron chi connectivity index (χ1n) is 8.09. The average Bonchev–Trinajstić information content (AvgIpc) is 3.11. The van der Waals surface area contributed by atoms with Crippen LogP contribution < -0.4 is 10.2 Å². The summed E-state index contributed by atoms with van der Waals surface area (Å²) in [5, 5.41) is 9.57. The number of aromatic nitrogens is 1. The summed E-state index contributed by atoms with van der Waals surface area (Å²) in [7, 11) is 1.71. The number of hydrogen-bond donors (Lipinski definition) is 3. The van der Waals surface area contributed by atoms with Gasteiger partial charge in [0, 0.05) is 23.5 Å². The van der Waals surface area contributed by atoms with Gasteiger partial charge in [0.25, 0.3) is 11.8 Å². The fraction of sp³-hybridized carbons (Fsp3) is 0.158. The van der Waals surface area contributed by atoms with Gasteiger partial charge in [-0.15, -0.1) is 0 Å². The molecule has 134 valence electrons. The van der Waals surface area contributed by atoms with Crippen molar-refractivity contribution in [3.05, 3.63) is 65.9 Å². The summed E-state index contributed by atoms with van der Waals surface area (Å²) in [5.74, 6) is -0.120. The van der Waals surface area contributed by atoms with Gasteiger partial charge in [-0.25, -0.2) is 5.48 Å². The lowest BCUT2D eigenvalue weighted by atomic mass is 10.2. The molecule has 0 saturated heterocycles. The molecule has 3 N–H and O–H groups in total. The van der Waals surface area contributed by atoms with E-state index in [9.17, 15) is 9.59 Å². The topological polar surface area (TPSA) is 94.7 Å². The third-order valence-corrected chi connectivity index (χ3v) is 4.02. The number of fused-ring (bicyclic) bond motifs is 1. The lowest BCUT2D eigenvalue weighted by molar-refractivity contribution is 0.0705. The van der Waals surface area contributed by atoms with Crippen LogP contribution in [0.1, 0.15) is 20.8 Å². The molecule has 0 bridgehead atoms. The maximum absolute atomic E-state index is 12.5. The number of amides is 2. The van der Waals surface area contributed by atoms with Gasteiger partial charge in [-0.05, 0) is 36.4 Å². The van der Waals surface area contributed by atoms with E-state index in [-0.39, 0.29) is 5.91 Å². The largest absolute Gasteiger partial charge is 0.492 e. The van der Waals surface area contributed by atoms with E-state index in [1.54, 1.807) is 41.7 Å². The molecule has 0 atom stereocenters. The summed E-state index contributed by atoms with van der Waals surface area (Å²) in [6.45, 7) is 0.723. The van der Waals surface area contributed by atoms with Crippen molar-refractivity contribution < 1.29 is 19.5 Å². The summed E-state index contributed by atoms with van der Waals surface area (Å²) >= 11 is 0. The smallest absolute Gasteiger partial charge is 0.274 e. The van der Waals surface area contributed by atoms with Gasteiger partial charge in [0.2, 0.25) is 0 Å². The Bertz CT molecular complexity index is 885. The molecular formula is C19H19N3O4. The molecule has 0 spiro atoms. The lowest BCUT2D eigenvalue weighted by Gasteiger charge is -2.16. The zero-order valence-electron chi connectivity index (χ0n) is 14.2. The Balaban J connectivity index is 1.54. The minimum Gasteiger partial charge on any atom is -0.492 e. The summed E-state index contributed by atoms with van der Waals surface area (Å²) < 4.78 is 5.59.